The summed E-state index contributed by atoms with van der Waals surface area (Å²) in [6, 6.07) is 15.2. The average molecular weight is 512 g/mol. The summed E-state index contributed by atoms with van der Waals surface area (Å²) in [4.78, 5) is 12.1. The van der Waals surface area contributed by atoms with Gasteiger partial charge >= 0.3 is 5.97 Å². The summed E-state index contributed by atoms with van der Waals surface area (Å²) in [5.74, 6) is -0.316. The Labute approximate surface area is 209 Å². The van der Waals surface area contributed by atoms with Gasteiger partial charge in [0.2, 0.25) is 0 Å². The largest absolute Gasteiger partial charge is 0.494 e. The molecule has 0 radical (unpaired) electrons. The first-order valence-corrected chi connectivity index (χ1v) is 13.9. The third-order valence-corrected chi connectivity index (χ3v) is 9.10. The minimum absolute atomic E-state index is 0.0918. The van der Waals surface area contributed by atoms with Crippen LogP contribution < -0.4 is 4.74 Å². The van der Waals surface area contributed by atoms with Crippen LogP contribution in [0, 0.1) is 6.92 Å². The van der Waals surface area contributed by atoms with Gasteiger partial charge in [-0.1, -0.05) is 37.6 Å². The van der Waals surface area contributed by atoms with Crippen LogP contribution in [0.4, 0.5) is 0 Å². The van der Waals surface area contributed by atoms with E-state index in [4.69, 9.17) is 4.74 Å². The van der Waals surface area contributed by atoms with Crippen LogP contribution in [0.1, 0.15) is 42.7 Å². The topological polar surface area (TPSA) is 85.6 Å². The molecule has 0 aliphatic rings. The summed E-state index contributed by atoms with van der Waals surface area (Å²) >= 11 is 1.25. The molecule has 0 fully saturated rings. The van der Waals surface area contributed by atoms with E-state index in [9.17, 15) is 18.3 Å². The molecule has 0 aliphatic heterocycles. The van der Waals surface area contributed by atoms with Crippen LogP contribution in [0.15, 0.2) is 58.9 Å². The van der Waals surface area contributed by atoms with Crippen LogP contribution in [-0.4, -0.2) is 30.1 Å². The molecule has 0 saturated heterocycles. The fourth-order valence-corrected chi connectivity index (χ4v) is 7.39. The Hall–Kier alpha value is -3.10. The van der Waals surface area contributed by atoms with Gasteiger partial charge in [-0.3, -0.25) is 4.79 Å². The number of carbonyl (C=O) groups is 1. The van der Waals surface area contributed by atoms with Crippen molar-refractivity contribution in [3.8, 4) is 16.9 Å². The predicted octanol–water partition coefficient (Wildman–Crippen LogP) is 6.28. The van der Waals surface area contributed by atoms with Gasteiger partial charge in [-0.2, -0.15) is 8.42 Å². The molecule has 4 rings (SSSR count). The number of benzene rings is 2. The van der Waals surface area contributed by atoms with E-state index in [0.717, 1.165) is 23.3 Å². The van der Waals surface area contributed by atoms with Gasteiger partial charge in [0.05, 0.1) is 12.1 Å². The van der Waals surface area contributed by atoms with Gasteiger partial charge in [-0.25, -0.2) is 3.97 Å². The number of rotatable bonds is 10. The second-order valence-electron chi connectivity index (χ2n) is 8.47. The zero-order valence-electron chi connectivity index (χ0n) is 20.1. The predicted molar refractivity (Wildman–Crippen MR) is 140 cm³/mol. The zero-order valence-corrected chi connectivity index (χ0v) is 21.7. The Morgan fingerprint density at radius 3 is 2.46 bits per heavy atom. The standard InChI is InChI=1S/C27H29NO5S2/c1-4-6-19-7-9-20(10-8-19)24-15-18(3)34-27(24)35(31,32)28-17-21(11-14-26(29)30)23-16-22(33-5-2)12-13-25(23)28/h7-10,12-13,15-17H,4-6,11,14H2,1-3H3,(H,29,30). The van der Waals surface area contributed by atoms with Crippen molar-refractivity contribution in [2.24, 2.45) is 0 Å². The first-order valence-electron chi connectivity index (χ1n) is 11.7. The number of ether oxygens (including phenoxy) is 1. The van der Waals surface area contributed by atoms with Gasteiger partial charge in [0.15, 0.2) is 0 Å². The van der Waals surface area contributed by atoms with Crippen molar-refractivity contribution in [2.45, 2.75) is 50.7 Å². The molecule has 0 atom stereocenters. The first-order chi connectivity index (χ1) is 16.7. The van der Waals surface area contributed by atoms with Gasteiger partial charge in [0.25, 0.3) is 10.0 Å². The van der Waals surface area contributed by atoms with Crippen molar-refractivity contribution in [1.29, 1.82) is 0 Å². The minimum Gasteiger partial charge on any atom is -0.494 e. The minimum atomic E-state index is -3.94. The van der Waals surface area contributed by atoms with E-state index in [0.29, 0.717) is 34.4 Å². The lowest BCUT2D eigenvalue weighted by molar-refractivity contribution is -0.136. The van der Waals surface area contributed by atoms with E-state index in [2.05, 4.69) is 6.92 Å². The molecule has 35 heavy (non-hydrogen) atoms. The molecule has 184 valence electrons. The molecule has 8 heteroatoms. The van der Waals surface area contributed by atoms with Gasteiger partial charge in [-0.15, -0.1) is 11.3 Å². The van der Waals surface area contributed by atoms with Crippen molar-refractivity contribution in [3.05, 3.63) is 70.7 Å². The SMILES string of the molecule is CCCc1ccc(-c2cc(C)sc2S(=O)(=O)n2cc(CCC(=O)O)c3cc(OCC)ccc32)cc1. The number of aryl methyl sites for hydroxylation is 3. The summed E-state index contributed by atoms with van der Waals surface area (Å²) in [6.07, 6.45) is 3.71. The Bertz CT molecular complexity index is 1460. The Morgan fingerprint density at radius 1 is 1.06 bits per heavy atom. The number of carboxylic acid groups (broad SMARTS) is 1. The number of carboxylic acids is 1. The molecule has 0 saturated carbocycles. The maximum atomic E-state index is 14.0. The van der Waals surface area contributed by atoms with Crippen molar-refractivity contribution >= 4 is 38.2 Å². The maximum Gasteiger partial charge on any atom is 0.303 e. The van der Waals surface area contributed by atoms with E-state index in [1.807, 2.05) is 44.2 Å². The highest BCUT2D eigenvalue weighted by molar-refractivity contribution is 7.92. The monoisotopic (exact) mass is 511 g/mol. The van der Waals surface area contributed by atoms with Crippen LogP contribution in [0.2, 0.25) is 0 Å². The van der Waals surface area contributed by atoms with E-state index in [1.165, 1.54) is 20.9 Å². The summed E-state index contributed by atoms with van der Waals surface area (Å²) < 4.78 is 35.2. The molecule has 0 aliphatic carbocycles. The van der Waals surface area contributed by atoms with Crippen molar-refractivity contribution in [1.82, 2.24) is 3.97 Å². The van der Waals surface area contributed by atoms with Crippen molar-refractivity contribution in [3.63, 3.8) is 0 Å². The number of hydrogen-bond acceptors (Lipinski definition) is 5. The van der Waals surface area contributed by atoms with Gasteiger partial charge < -0.3 is 9.84 Å². The number of hydrogen-bond donors (Lipinski definition) is 1. The van der Waals surface area contributed by atoms with E-state index in [1.54, 1.807) is 24.4 Å². The molecule has 2 heterocycles. The van der Waals surface area contributed by atoms with E-state index in [-0.39, 0.29) is 17.1 Å². The second-order valence-corrected chi connectivity index (χ2v) is 11.7. The van der Waals surface area contributed by atoms with Crippen LogP contribution in [0.5, 0.6) is 5.75 Å². The molecule has 0 amide bonds. The van der Waals surface area contributed by atoms with Crippen LogP contribution in [-0.2, 0) is 27.7 Å². The maximum absolute atomic E-state index is 14.0. The average Bonchev–Trinajstić information content (AvgIpc) is 3.40. The highest BCUT2D eigenvalue weighted by Gasteiger charge is 2.27. The number of aromatic nitrogens is 1. The molecule has 0 bridgehead atoms. The zero-order chi connectivity index (χ0) is 25.2. The van der Waals surface area contributed by atoms with Crippen LogP contribution in [0.3, 0.4) is 0 Å². The lowest BCUT2D eigenvalue weighted by Gasteiger charge is -2.10. The Morgan fingerprint density at radius 2 is 1.80 bits per heavy atom. The first kappa shape index (κ1) is 25.0. The normalized spacial score (nSPS) is 11.7. The highest BCUT2D eigenvalue weighted by Crippen LogP contribution is 2.38. The van der Waals surface area contributed by atoms with Crippen molar-refractivity contribution in [2.75, 3.05) is 6.61 Å². The fraction of sp³-hybridized carbons (Fsp3) is 0.296. The smallest absolute Gasteiger partial charge is 0.303 e. The van der Waals surface area contributed by atoms with Gasteiger partial charge in [0.1, 0.15) is 9.96 Å². The quantitative estimate of drug-likeness (QED) is 0.271. The number of aliphatic carboxylic acids is 1. The van der Waals surface area contributed by atoms with E-state index < -0.39 is 16.0 Å². The molecule has 0 unspecified atom stereocenters. The lowest BCUT2D eigenvalue weighted by Crippen LogP contribution is -2.11. The second kappa shape index (κ2) is 10.3. The molecular weight excluding hydrogens is 482 g/mol. The third-order valence-electron chi connectivity index (χ3n) is 5.86. The lowest BCUT2D eigenvalue weighted by atomic mass is 10.0. The molecule has 2 aromatic carbocycles. The molecule has 2 aromatic heterocycles. The summed E-state index contributed by atoms with van der Waals surface area (Å²) in [5, 5.41) is 9.88. The van der Waals surface area contributed by atoms with Gasteiger partial charge in [-0.05, 0) is 67.6 Å². The Balaban J connectivity index is 1.85. The van der Waals surface area contributed by atoms with Crippen LogP contribution in [0.25, 0.3) is 22.0 Å². The highest BCUT2D eigenvalue weighted by atomic mass is 32.2. The summed E-state index contributed by atoms with van der Waals surface area (Å²) in [6.45, 7) is 6.38. The Kier molecular flexibility index (Phi) is 7.33. The van der Waals surface area contributed by atoms with Gasteiger partial charge in [0, 0.05) is 28.4 Å². The molecule has 4 aromatic rings. The van der Waals surface area contributed by atoms with Crippen LogP contribution >= 0.6 is 11.3 Å². The number of nitrogens with zero attached hydrogens (tertiary/aromatic N) is 1. The molecule has 6 nitrogen and oxygen atoms in total. The number of fused-ring (bicyclic) bond motifs is 1. The van der Waals surface area contributed by atoms with E-state index >= 15 is 0 Å². The number of thiophene rings is 1. The molecule has 0 spiro atoms. The molecule has 1 N–H and O–H groups in total. The fourth-order valence-electron chi connectivity index (χ4n) is 4.26. The van der Waals surface area contributed by atoms with Crippen molar-refractivity contribution < 1.29 is 23.1 Å². The summed E-state index contributed by atoms with van der Waals surface area (Å²) in [5.41, 5.74) is 3.91. The third kappa shape index (κ3) is 5.13. The molecular formula is C27H29NO5S2. The summed E-state index contributed by atoms with van der Waals surface area (Å²) in [7, 11) is -3.94.